The fourth-order valence-electron chi connectivity index (χ4n) is 1.98. The van der Waals surface area contributed by atoms with E-state index in [4.69, 9.17) is 5.73 Å². The molecule has 0 heterocycles. The molecular formula is C14H13NO2. The molecule has 0 aliphatic rings. The Bertz CT molecular complexity index is 590. The highest BCUT2D eigenvalue weighted by atomic mass is 16.1. The summed E-state index contributed by atoms with van der Waals surface area (Å²) in [5, 5.41) is 1.76. The Kier molecular flexibility index (Phi) is 2.91. The number of rotatable bonds is 3. The van der Waals surface area contributed by atoms with E-state index in [9.17, 15) is 9.59 Å². The van der Waals surface area contributed by atoms with Gasteiger partial charge in [0.25, 0.3) is 0 Å². The van der Waals surface area contributed by atoms with E-state index in [-0.39, 0.29) is 11.8 Å². The van der Waals surface area contributed by atoms with E-state index in [1.165, 1.54) is 0 Å². The maximum Gasteiger partial charge on any atom is 0.224 e. The molecule has 3 nitrogen and oxygen atoms in total. The van der Waals surface area contributed by atoms with Crippen molar-refractivity contribution in [3.8, 4) is 0 Å². The lowest BCUT2D eigenvalue weighted by Crippen LogP contribution is -2.19. The molecule has 1 atom stereocenters. The molecule has 1 unspecified atom stereocenters. The summed E-state index contributed by atoms with van der Waals surface area (Å²) in [5.41, 5.74) is 6.81. The molecule has 2 aromatic carbocycles. The van der Waals surface area contributed by atoms with E-state index in [2.05, 4.69) is 0 Å². The van der Waals surface area contributed by atoms with Crippen molar-refractivity contribution in [2.24, 2.45) is 5.73 Å². The van der Waals surface area contributed by atoms with Crippen LogP contribution in [0.3, 0.4) is 0 Å². The molecule has 2 rings (SSSR count). The zero-order chi connectivity index (χ0) is 12.4. The number of nitrogens with two attached hydrogens (primary N) is 1. The van der Waals surface area contributed by atoms with Gasteiger partial charge >= 0.3 is 0 Å². The summed E-state index contributed by atoms with van der Waals surface area (Å²) in [6, 6.07) is 11.0. The largest absolute Gasteiger partial charge is 0.369 e. The minimum Gasteiger partial charge on any atom is -0.369 e. The highest BCUT2D eigenvalue weighted by Crippen LogP contribution is 2.27. The molecule has 0 spiro atoms. The van der Waals surface area contributed by atoms with Crippen LogP contribution in [0.5, 0.6) is 0 Å². The highest BCUT2D eigenvalue weighted by Gasteiger charge is 2.15. The predicted octanol–water partition coefficient (Wildman–Crippen LogP) is 2.24. The topological polar surface area (TPSA) is 60.2 Å². The number of carbonyl (C=O) groups excluding carboxylic acids is 2. The van der Waals surface area contributed by atoms with Gasteiger partial charge in [-0.3, -0.25) is 9.59 Å². The summed E-state index contributed by atoms with van der Waals surface area (Å²) >= 11 is 0. The number of hydrogen-bond acceptors (Lipinski definition) is 2. The average Bonchev–Trinajstić information content (AvgIpc) is 2.36. The van der Waals surface area contributed by atoms with Crippen LogP contribution in [0.15, 0.2) is 36.4 Å². The van der Waals surface area contributed by atoms with Gasteiger partial charge in [-0.2, -0.15) is 0 Å². The Morgan fingerprint density at radius 3 is 2.41 bits per heavy atom. The number of primary amides is 1. The summed E-state index contributed by atoms with van der Waals surface area (Å²) in [4.78, 5) is 22.2. The monoisotopic (exact) mass is 227 g/mol. The van der Waals surface area contributed by atoms with Crippen LogP contribution in [0.25, 0.3) is 10.8 Å². The molecule has 0 aliphatic heterocycles. The smallest absolute Gasteiger partial charge is 0.224 e. The molecule has 3 heteroatoms. The lowest BCUT2D eigenvalue weighted by atomic mass is 9.92. The van der Waals surface area contributed by atoms with Crippen LogP contribution in [-0.2, 0) is 4.79 Å². The zero-order valence-corrected chi connectivity index (χ0v) is 9.51. The minimum absolute atomic E-state index is 0.361. The molecule has 86 valence electrons. The van der Waals surface area contributed by atoms with Gasteiger partial charge in [-0.05, 0) is 23.3 Å². The van der Waals surface area contributed by atoms with Crippen molar-refractivity contribution in [2.45, 2.75) is 12.8 Å². The second-order valence-corrected chi connectivity index (χ2v) is 4.03. The van der Waals surface area contributed by atoms with Gasteiger partial charge in [0.05, 0.1) is 5.92 Å². The summed E-state index contributed by atoms with van der Waals surface area (Å²) in [7, 11) is 0. The van der Waals surface area contributed by atoms with Crippen molar-refractivity contribution >= 4 is 23.0 Å². The first kappa shape index (κ1) is 11.3. The van der Waals surface area contributed by atoms with Gasteiger partial charge in [-0.25, -0.2) is 0 Å². The van der Waals surface area contributed by atoms with Crippen molar-refractivity contribution in [3.05, 3.63) is 47.5 Å². The summed E-state index contributed by atoms with van der Waals surface area (Å²) in [6.07, 6.45) is 0.820. The van der Waals surface area contributed by atoms with E-state index >= 15 is 0 Å². The number of carbonyl (C=O) groups is 2. The van der Waals surface area contributed by atoms with Gasteiger partial charge in [0.2, 0.25) is 5.91 Å². The van der Waals surface area contributed by atoms with Crippen molar-refractivity contribution in [1.29, 1.82) is 0 Å². The first-order valence-electron chi connectivity index (χ1n) is 5.41. The van der Waals surface area contributed by atoms with Gasteiger partial charge in [-0.1, -0.05) is 36.4 Å². The van der Waals surface area contributed by atoms with E-state index in [1.807, 2.05) is 24.3 Å². The number of fused-ring (bicyclic) bond motifs is 1. The second-order valence-electron chi connectivity index (χ2n) is 4.03. The van der Waals surface area contributed by atoms with Crippen LogP contribution < -0.4 is 5.73 Å². The van der Waals surface area contributed by atoms with E-state index in [1.54, 1.807) is 19.1 Å². The van der Waals surface area contributed by atoms with Crippen LogP contribution in [0.4, 0.5) is 0 Å². The third-order valence-corrected chi connectivity index (χ3v) is 3.01. The average molecular weight is 227 g/mol. The Hall–Kier alpha value is -2.16. The third-order valence-electron chi connectivity index (χ3n) is 3.01. The fraction of sp³-hybridized carbons (Fsp3) is 0.143. The number of hydrogen-bond donors (Lipinski definition) is 1. The molecule has 0 saturated carbocycles. The Morgan fingerprint density at radius 1 is 1.18 bits per heavy atom. The maximum atomic E-state index is 11.3. The van der Waals surface area contributed by atoms with Crippen LogP contribution in [0.1, 0.15) is 28.8 Å². The molecule has 2 N–H and O–H groups in total. The molecule has 0 saturated heterocycles. The van der Waals surface area contributed by atoms with E-state index in [0.29, 0.717) is 5.56 Å². The Labute approximate surface area is 99.2 Å². The van der Waals surface area contributed by atoms with E-state index in [0.717, 1.165) is 22.6 Å². The minimum atomic E-state index is -0.367. The lowest BCUT2D eigenvalue weighted by Gasteiger charge is -2.12. The Morgan fingerprint density at radius 2 is 1.82 bits per heavy atom. The standard InChI is InChI=1S/C14H13NO2/c1-9(14(15)17)11-7-6-10(8-16)12-4-2-3-5-13(11)12/h2-9H,1H3,(H2,15,17). The SMILES string of the molecule is CC(C(N)=O)c1ccc(C=O)c2ccccc12. The summed E-state index contributed by atoms with van der Waals surface area (Å²) in [5.74, 6) is -0.727. The first-order valence-corrected chi connectivity index (χ1v) is 5.41. The van der Waals surface area contributed by atoms with Gasteiger partial charge < -0.3 is 5.73 Å². The quantitative estimate of drug-likeness (QED) is 0.817. The van der Waals surface area contributed by atoms with Gasteiger partial charge in [0.15, 0.2) is 6.29 Å². The molecular weight excluding hydrogens is 214 g/mol. The van der Waals surface area contributed by atoms with E-state index < -0.39 is 0 Å². The van der Waals surface area contributed by atoms with Gasteiger partial charge in [-0.15, -0.1) is 0 Å². The highest BCUT2D eigenvalue weighted by molar-refractivity contribution is 6.01. The van der Waals surface area contributed by atoms with Crippen molar-refractivity contribution < 1.29 is 9.59 Å². The second kappa shape index (κ2) is 4.37. The van der Waals surface area contributed by atoms with Gasteiger partial charge in [0, 0.05) is 5.56 Å². The first-order chi connectivity index (χ1) is 8.15. The normalized spacial score (nSPS) is 12.3. The van der Waals surface area contributed by atoms with Crippen molar-refractivity contribution in [2.75, 3.05) is 0 Å². The van der Waals surface area contributed by atoms with Crippen LogP contribution in [0, 0.1) is 0 Å². The summed E-state index contributed by atoms with van der Waals surface area (Å²) in [6.45, 7) is 1.77. The molecule has 17 heavy (non-hydrogen) atoms. The fourth-order valence-corrected chi connectivity index (χ4v) is 1.98. The third kappa shape index (κ3) is 1.91. The predicted molar refractivity (Wildman–Crippen MR) is 66.9 cm³/mol. The van der Waals surface area contributed by atoms with Crippen molar-refractivity contribution in [3.63, 3.8) is 0 Å². The number of benzene rings is 2. The number of aldehydes is 1. The molecule has 0 bridgehead atoms. The van der Waals surface area contributed by atoms with Gasteiger partial charge in [0.1, 0.15) is 0 Å². The van der Waals surface area contributed by atoms with Crippen LogP contribution in [0.2, 0.25) is 0 Å². The molecule has 0 aliphatic carbocycles. The summed E-state index contributed by atoms with van der Waals surface area (Å²) < 4.78 is 0. The zero-order valence-electron chi connectivity index (χ0n) is 9.51. The van der Waals surface area contributed by atoms with Crippen molar-refractivity contribution in [1.82, 2.24) is 0 Å². The maximum absolute atomic E-state index is 11.3. The Balaban J connectivity index is 2.75. The van der Waals surface area contributed by atoms with Crippen LogP contribution in [-0.4, -0.2) is 12.2 Å². The van der Waals surface area contributed by atoms with Crippen LogP contribution >= 0.6 is 0 Å². The number of amides is 1. The lowest BCUT2D eigenvalue weighted by molar-refractivity contribution is -0.119. The molecule has 0 aromatic heterocycles. The molecule has 2 aromatic rings. The molecule has 0 radical (unpaired) electrons. The molecule has 0 fully saturated rings. The molecule has 1 amide bonds.